The Balaban J connectivity index is 0.000000461. The van der Waals surface area contributed by atoms with Gasteiger partial charge >= 0.3 is 0 Å². The average molecular weight is 193 g/mol. The lowest BCUT2D eigenvalue weighted by atomic mass is 10.1. The molecular weight excluding hydrogens is 174 g/mol. The third kappa shape index (κ3) is 1.97. The number of fused-ring (bicyclic) bond motifs is 1. The third-order valence-corrected chi connectivity index (χ3v) is 2.57. The SMILES string of the molecule is CC.CNC1Cc2ccccc2C1O. The largest absolute Gasteiger partial charge is 0.387 e. The maximum atomic E-state index is 9.78. The van der Waals surface area contributed by atoms with Crippen molar-refractivity contribution in [2.24, 2.45) is 0 Å². The molecule has 2 N–H and O–H groups in total. The molecule has 2 atom stereocenters. The van der Waals surface area contributed by atoms with Crippen LogP contribution < -0.4 is 5.32 Å². The number of benzene rings is 1. The van der Waals surface area contributed by atoms with Crippen molar-refractivity contribution in [3.63, 3.8) is 0 Å². The van der Waals surface area contributed by atoms with Crippen molar-refractivity contribution in [1.82, 2.24) is 5.32 Å². The van der Waals surface area contributed by atoms with Crippen LogP contribution in [0.2, 0.25) is 0 Å². The predicted molar refractivity (Wildman–Crippen MR) is 59.3 cm³/mol. The second kappa shape index (κ2) is 5.13. The Bertz CT molecular complexity index is 285. The first-order valence-corrected chi connectivity index (χ1v) is 5.26. The molecule has 0 saturated carbocycles. The lowest BCUT2D eigenvalue weighted by molar-refractivity contribution is 0.146. The van der Waals surface area contributed by atoms with Crippen LogP contribution in [0.5, 0.6) is 0 Å². The zero-order valence-corrected chi connectivity index (χ0v) is 9.12. The summed E-state index contributed by atoms with van der Waals surface area (Å²) in [6.07, 6.45) is 0.611. The monoisotopic (exact) mass is 193 g/mol. The number of hydrogen-bond acceptors (Lipinski definition) is 2. The molecule has 14 heavy (non-hydrogen) atoms. The first-order valence-electron chi connectivity index (χ1n) is 5.26. The van der Waals surface area contributed by atoms with Crippen LogP contribution in [0.25, 0.3) is 0 Å². The number of aliphatic hydroxyl groups is 1. The molecule has 2 unspecified atom stereocenters. The van der Waals surface area contributed by atoms with E-state index in [1.165, 1.54) is 5.56 Å². The molecule has 0 fully saturated rings. The average Bonchev–Trinajstić information content (AvgIpc) is 2.59. The van der Waals surface area contributed by atoms with Crippen LogP contribution in [-0.4, -0.2) is 18.2 Å². The highest BCUT2D eigenvalue weighted by molar-refractivity contribution is 5.35. The fourth-order valence-electron chi connectivity index (χ4n) is 1.83. The van der Waals surface area contributed by atoms with Gasteiger partial charge in [0.05, 0.1) is 6.10 Å². The Morgan fingerprint density at radius 2 is 1.93 bits per heavy atom. The van der Waals surface area contributed by atoms with Crippen LogP contribution in [0.3, 0.4) is 0 Å². The predicted octanol–water partition coefficient (Wildman–Crippen LogP) is 1.89. The molecule has 0 radical (unpaired) electrons. The fraction of sp³-hybridized carbons (Fsp3) is 0.500. The summed E-state index contributed by atoms with van der Waals surface area (Å²) in [5.41, 5.74) is 2.35. The number of nitrogens with one attached hydrogen (secondary N) is 1. The smallest absolute Gasteiger partial charge is 0.0948 e. The molecule has 0 saturated heterocycles. The van der Waals surface area contributed by atoms with Gasteiger partial charge in [0.1, 0.15) is 0 Å². The molecule has 1 aromatic carbocycles. The van der Waals surface area contributed by atoms with Gasteiger partial charge in [-0.25, -0.2) is 0 Å². The lowest BCUT2D eigenvalue weighted by Gasteiger charge is -2.12. The standard InChI is InChI=1S/C10H13NO.C2H6/c1-11-9-6-7-4-2-3-5-8(7)10(9)12;1-2/h2-5,9-12H,6H2,1H3;1-2H3. The van der Waals surface area contributed by atoms with Crippen molar-refractivity contribution in [2.45, 2.75) is 32.4 Å². The molecule has 78 valence electrons. The minimum atomic E-state index is -0.328. The van der Waals surface area contributed by atoms with E-state index in [0.29, 0.717) is 0 Å². The minimum Gasteiger partial charge on any atom is -0.387 e. The molecule has 0 aromatic heterocycles. The molecule has 2 heteroatoms. The summed E-state index contributed by atoms with van der Waals surface area (Å²) in [6.45, 7) is 4.00. The summed E-state index contributed by atoms with van der Waals surface area (Å²) in [4.78, 5) is 0. The molecular formula is C12H19NO. The van der Waals surface area contributed by atoms with Gasteiger partial charge in [0.15, 0.2) is 0 Å². The highest BCUT2D eigenvalue weighted by Crippen LogP contribution is 2.30. The Hall–Kier alpha value is -0.860. The topological polar surface area (TPSA) is 32.3 Å². The number of aliphatic hydroxyl groups excluding tert-OH is 1. The van der Waals surface area contributed by atoms with Crippen molar-refractivity contribution >= 4 is 0 Å². The molecule has 0 amide bonds. The van der Waals surface area contributed by atoms with Crippen molar-refractivity contribution in [3.8, 4) is 0 Å². The van der Waals surface area contributed by atoms with Crippen LogP contribution in [0.1, 0.15) is 31.1 Å². The van der Waals surface area contributed by atoms with Crippen molar-refractivity contribution in [2.75, 3.05) is 7.05 Å². The van der Waals surface area contributed by atoms with E-state index in [0.717, 1.165) is 12.0 Å². The lowest BCUT2D eigenvalue weighted by Crippen LogP contribution is -2.29. The van der Waals surface area contributed by atoms with Gasteiger partial charge in [-0.1, -0.05) is 38.1 Å². The van der Waals surface area contributed by atoms with E-state index in [4.69, 9.17) is 0 Å². The molecule has 2 rings (SSSR count). The molecule has 1 aromatic rings. The Labute approximate surface area is 86.0 Å². The molecule has 0 aliphatic heterocycles. The third-order valence-electron chi connectivity index (χ3n) is 2.57. The van der Waals surface area contributed by atoms with Gasteiger partial charge < -0.3 is 10.4 Å². The van der Waals surface area contributed by atoms with E-state index >= 15 is 0 Å². The molecule has 0 spiro atoms. The highest BCUT2D eigenvalue weighted by atomic mass is 16.3. The Kier molecular flexibility index (Phi) is 4.11. The summed E-state index contributed by atoms with van der Waals surface area (Å²) in [6, 6.07) is 8.26. The van der Waals surface area contributed by atoms with Gasteiger partial charge in [-0.15, -0.1) is 0 Å². The highest BCUT2D eigenvalue weighted by Gasteiger charge is 2.28. The van der Waals surface area contributed by atoms with E-state index in [-0.39, 0.29) is 12.1 Å². The summed E-state index contributed by atoms with van der Waals surface area (Å²) in [5.74, 6) is 0. The quantitative estimate of drug-likeness (QED) is 0.714. The second-order valence-electron chi connectivity index (χ2n) is 3.24. The van der Waals surface area contributed by atoms with Crippen LogP contribution in [0.4, 0.5) is 0 Å². The van der Waals surface area contributed by atoms with Gasteiger partial charge in [-0.3, -0.25) is 0 Å². The van der Waals surface area contributed by atoms with Gasteiger partial charge in [-0.2, -0.15) is 0 Å². The molecule has 1 aliphatic rings. The normalized spacial score (nSPS) is 23.7. The van der Waals surface area contributed by atoms with Crippen LogP contribution in [0, 0.1) is 0 Å². The zero-order chi connectivity index (χ0) is 10.6. The van der Waals surface area contributed by atoms with E-state index in [9.17, 15) is 5.11 Å². The second-order valence-corrected chi connectivity index (χ2v) is 3.24. The number of rotatable bonds is 1. The molecule has 0 bridgehead atoms. The van der Waals surface area contributed by atoms with Gasteiger partial charge in [0, 0.05) is 6.04 Å². The van der Waals surface area contributed by atoms with Gasteiger partial charge in [0.2, 0.25) is 0 Å². The van der Waals surface area contributed by atoms with Crippen molar-refractivity contribution < 1.29 is 5.11 Å². The Morgan fingerprint density at radius 1 is 1.29 bits per heavy atom. The fourth-order valence-corrected chi connectivity index (χ4v) is 1.83. The number of hydrogen-bond donors (Lipinski definition) is 2. The summed E-state index contributed by atoms with van der Waals surface area (Å²) in [7, 11) is 1.89. The van der Waals surface area contributed by atoms with Crippen LogP contribution in [0.15, 0.2) is 24.3 Å². The summed E-state index contributed by atoms with van der Waals surface area (Å²) in [5, 5.41) is 12.9. The van der Waals surface area contributed by atoms with Crippen LogP contribution in [-0.2, 0) is 6.42 Å². The zero-order valence-electron chi connectivity index (χ0n) is 9.12. The van der Waals surface area contributed by atoms with Crippen molar-refractivity contribution in [1.29, 1.82) is 0 Å². The maximum Gasteiger partial charge on any atom is 0.0948 e. The Morgan fingerprint density at radius 3 is 2.50 bits per heavy atom. The van der Waals surface area contributed by atoms with Crippen LogP contribution >= 0.6 is 0 Å². The molecule has 0 heterocycles. The van der Waals surface area contributed by atoms with E-state index in [2.05, 4.69) is 11.4 Å². The minimum absolute atomic E-state index is 0.197. The number of likely N-dealkylation sites (N-methyl/N-ethyl adjacent to an activating group) is 1. The van der Waals surface area contributed by atoms with Crippen molar-refractivity contribution in [3.05, 3.63) is 35.4 Å². The van der Waals surface area contributed by atoms with Gasteiger partial charge in [-0.05, 0) is 24.6 Å². The first-order chi connectivity index (χ1) is 6.83. The van der Waals surface area contributed by atoms with Gasteiger partial charge in [0.25, 0.3) is 0 Å². The van der Waals surface area contributed by atoms with E-state index < -0.39 is 0 Å². The first kappa shape index (κ1) is 11.2. The molecule has 1 aliphatic carbocycles. The summed E-state index contributed by atoms with van der Waals surface area (Å²) < 4.78 is 0. The van der Waals surface area contributed by atoms with E-state index in [1.807, 2.05) is 39.1 Å². The summed E-state index contributed by atoms with van der Waals surface area (Å²) >= 11 is 0. The maximum absolute atomic E-state index is 9.78. The van der Waals surface area contributed by atoms with E-state index in [1.54, 1.807) is 0 Å². The molecule has 2 nitrogen and oxygen atoms in total.